The number of rotatable bonds is 6. The summed E-state index contributed by atoms with van der Waals surface area (Å²) in [5.74, 6) is -0.375. The van der Waals surface area contributed by atoms with E-state index in [0.717, 1.165) is 5.69 Å². The van der Waals surface area contributed by atoms with Crippen molar-refractivity contribution in [3.8, 4) is 5.69 Å². The summed E-state index contributed by atoms with van der Waals surface area (Å²) >= 11 is 0. The lowest BCUT2D eigenvalue weighted by Crippen LogP contribution is -2.36. The number of hydrogen-bond donors (Lipinski definition) is 2. The van der Waals surface area contributed by atoms with E-state index < -0.39 is 0 Å². The van der Waals surface area contributed by atoms with Crippen molar-refractivity contribution >= 4 is 6.03 Å². The first kappa shape index (κ1) is 16.6. The maximum Gasteiger partial charge on any atom is 0.315 e. The van der Waals surface area contributed by atoms with Crippen molar-refractivity contribution in [1.82, 2.24) is 30.2 Å². The van der Waals surface area contributed by atoms with Crippen LogP contribution in [0.5, 0.6) is 0 Å². The van der Waals surface area contributed by atoms with Gasteiger partial charge >= 0.3 is 6.03 Å². The highest BCUT2D eigenvalue weighted by Gasteiger charge is 2.06. The van der Waals surface area contributed by atoms with Gasteiger partial charge in [0.25, 0.3) is 0 Å². The van der Waals surface area contributed by atoms with E-state index >= 15 is 0 Å². The summed E-state index contributed by atoms with van der Waals surface area (Å²) in [6.45, 7) is 0.677. The van der Waals surface area contributed by atoms with Crippen LogP contribution in [-0.2, 0) is 13.0 Å². The predicted octanol–water partition coefficient (Wildman–Crippen LogP) is 1.84. The normalized spacial score (nSPS) is 10.4. The van der Waals surface area contributed by atoms with Gasteiger partial charge in [0.1, 0.15) is 5.82 Å². The molecule has 2 aromatic heterocycles. The molecule has 0 saturated carbocycles. The average molecular weight is 340 g/mol. The summed E-state index contributed by atoms with van der Waals surface area (Å²) in [7, 11) is 0. The van der Waals surface area contributed by atoms with Crippen molar-refractivity contribution in [1.29, 1.82) is 0 Å². The van der Waals surface area contributed by atoms with Crippen LogP contribution in [0.15, 0.2) is 55.5 Å². The van der Waals surface area contributed by atoms with Gasteiger partial charge in [0.05, 0.1) is 17.7 Å². The first-order valence-electron chi connectivity index (χ1n) is 7.76. The molecule has 0 aliphatic carbocycles. The topological polar surface area (TPSA) is 84.7 Å². The Hall–Kier alpha value is -3.29. The molecule has 8 heteroatoms. The van der Waals surface area contributed by atoms with E-state index in [1.54, 1.807) is 47.7 Å². The predicted molar refractivity (Wildman–Crippen MR) is 89.5 cm³/mol. The minimum absolute atomic E-state index is 0.234. The van der Waals surface area contributed by atoms with E-state index in [1.807, 2.05) is 0 Å². The van der Waals surface area contributed by atoms with Gasteiger partial charge in [-0.05, 0) is 17.7 Å². The second kappa shape index (κ2) is 8.00. The Bertz CT molecular complexity index is 822. The molecule has 0 aliphatic heterocycles. The summed E-state index contributed by atoms with van der Waals surface area (Å²) in [4.78, 5) is 23.8. The molecular weight excluding hydrogens is 323 g/mol. The van der Waals surface area contributed by atoms with Crippen LogP contribution in [0.2, 0.25) is 0 Å². The van der Waals surface area contributed by atoms with Gasteiger partial charge in [0.2, 0.25) is 0 Å². The van der Waals surface area contributed by atoms with Gasteiger partial charge in [-0.3, -0.25) is 9.97 Å². The van der Waals surface area contributed by atoms with Gasteiger partial charge in [-0.25, -0.2) is 14.2 Å². The highest BCUT2D eigenvalue weighted by molar-refractivity contribution is 5.73. The Morgan fingerprint density at radius 3 is 2.80 bits per heavy atom. The molecule has 0 bridgehead atoms. The van der Waals surface area contributed by atoms with E-state index in [2.05, 4.69) is 25.6 Å². The Labute approximate surface area is 144 Å². The van der Waals surface area contributed by atoms with Gasteiger partial charge in [0.15, 0.2) is 0 Å². The number of imidazole rings is 1. The van der Waals surface area contributed by atoms with Crippen molar-refractivity contribution < 1.29 is 9.18 Å². The first-order valence-corrected chi connectivity index (χ1v) is 7.76. The van der Waals surface area contributed by atoms with Crippen LogP contribution < -0.4 is 10.6 Å². The van der Waals surface area contributed by atoms with E-state index in [1.165, 1.54) is 12.4 Å². The lowest BCUT2D eigenvalue weighted by molar-refractivity contribution is 0.240. The molecule has 0 fully saturated rings. The fourth-order valence-corrected chi connectivity index (χ4v) is 2.28. The number of nitrogens with one attached hydrogen (secondary N) is 2. The van der Waals surface area contributed by atoms with Crippen LogP contribution in [0.4, 0.5) is 9.18 Å². The zero-order valence-corrected chi connectivity index (χ0v) is 13.4. The van der Waals surface area contributed by atoms with Crippen LogP contribution in [-0.4, -0.2) is 32.1 Å². The molecule has 0 aliphatic rings. The molecule has 2 N–H and O–H groups in total. The van der Waals surface area contributed by atoms with Crippen molar-refractivity contribution in [2.45, 2.75) is 13.0 Å². The molecule has 7 nitrogen and oxygen atoms in total. The average Bonchev–Trinajstić information content (AvgIpc) is 3.15. The third-order valence-corrected chi connectivity index (χ3v) is 3.53. The Kier molecular flexibility index (Phi) is 5.30. The van der Waals surface area contributed by atoms with Gasteiger partial charge in [-0.15, -0.1) is 0 Å². The SMILES string of the molecule is O=C(NCCc1cnccn1)NCc1ccc(-n2ccnc2)c(F)c1. The minimum atomic E-state index is -0.375. The quantitative estimate of drug-likeness (QED) is 0.717. The molecule has 3 rings (SSSR count). The number of carbonyl (C=O) groups excluding carboxylic acids is 1. The fourth-order valence-electron chi connectivity index (χ4n) is 2.28. The van der Waals surface area contributed by atoms with Crippen LogP contribution in [0.3, 0.4) is 0 Å². The van der Waals surface area contributed by atoms with Crippen molar-refractivity contribution in [2.75, 3.05) is 6.54 Å². The molecule has 0 atom stereocenters. The summed E-state index contributed by atoms with van der Waals surface area (Å²) in [5, 5.41) is 5.42. The maximum atomic E-state index is 14.1. The zero-order valence-electron chi connectivity index (χ0n) is 13.4. The number of nitrogens with zero attached hydrogens (tertiary/aromatic N) is 4. The Balaban J connectivity index is 1.46. The van der Waals surface area contributed by atoms with Gasteiger partial charge in [-0.2, -0.15) is 0 Å². The molecule has 128 valence electrons. The van der Waals surface area contributed by atoms with Crippen molar-refractivity contribution in [3.63, 3.8) is 0 Å². The zero-order chi connectivity index (χ0) is 17.5. The molecule has 2 heterocycles. The fraction of sp³-hybridized carbons (Fsp3) is 0.176. The van der Waals surface area contributed by atoms with Gasteiger partial charge in [-0.1, -0.05) is 6.07 Å². The molecule has 0 spiro atoms. The molecule has 0 unspecified atom stereocenters. The third kappa shape index (κ3) is 4.60. The number of benzene rings is 1. The van der Waals surface area contributed by atoms with Crippen LogP contribution in [0, 0.1) is 5.82 Å². The summed E-state index contributed by atoms with van der Waals surface area (Å²) in [6.07, 6.45) is 10.2. The lowest BCUT2D eigenvalue weighted by Gasteiger charge is -2.09. The third-order valence-electron chi connectivity index (χ3n) is 3.53. The Morgan fingerprint density at radius 2 is 2.08 bits per heavy atom. The molecule has 0 saturated heterocycles. The smallest absolute Gasteiger partial charge is 0.315 e. The highest BCUT2D eigenvalue weighted by Crippen LogP contribution is 2.14. The number of hydrogen-bond acceptors (Lipinski definition) is 4. The number of aromatic nitrogens is 4. The molecule has 3 aromatic rings. The standard InChI is InChI=1S/C17H17FN6O/c18-15-9-13(1-2-16(15)24-8-7-20-12-24)10-23-17(25)22-4-3-14-11-19-5-6-21-14/h1-2,5-9,11-12H,3-4,10H2,(H2,22,23,25). The maximum absolute atomic E-state index is 14.1. The van der Waals surface area contributed by atoms with E-state index in [-0.39, 0.29) is 18.4 Å². The second-order valence-corrected chi connectivity index (χ2v) is 5.31. The van der Waals surface area contributed by atoms with E-state index in [9.17, 15) is 9.18 Å². The van der Waals surface area contributed by atoms with E-state index in [4.69, 9.17) is 0 Å². The second-order valence-electron chi connectivity index (χ2n) is 5.31. The van der Waals surface area contributed by atoms with Crippen LogP contribution in [0.1, 0.15) is 11.3 Å². The molecule has 25 heavy (non-hydrogen) atoms. The van der Waals surface area contributed by atoms with Crippen molar-refractivity contribution in [3.05, 3.63) is 72.6 Å². The summed E-state index contributed by atoms with van der Waals surface area (Å²) in [5.41, 5.74) is 1.89. The monoisotopic (exact) mass is 340 g/mol. The highest BCUT2D eigenvalue weighted by atomic mass is 19.1. The van der Waals surface area contributed by atoms with E-state index in [0.29, 0.717) is 24.2 Å². The Morgan fingerprint density at radius 1 is 1.16 bits per heavy atom. The molecule has 0 radical (unpaired) electrons. The van der Waals surface area contributed by atoms with Gasteiger partial charge in [0, 0.05) is 50.5 Å². The number of urea groups is 1. The number of amides is 2. The first-order chi connectivity index (χ1) is 12.2. The largest absolute Gasteiger partial charge is 0.338 e. The lowest BCUT2D eigenvalue weighted by atomic mass is 10.2. The molecular formula is C17H17FN6O. The molecule has 1 aromatic carbocycles. The van der Waals surface area contributed by atoms with Crippen LogP contribution >= 0.6 is 0 Å². The van der Waals surface area contributed by atoms with Crippen molar-refractivity contribution in [2.24, 2.45) is 0 Å². The van der Waals surface area contributed by atoms with Crippen LogP contribution in [0.25, 0.3) is 5.69 Å². The molecule has 2 amide bonds. The van der Waals surface area contributed by atoms with Gasteiger partial charge < -0.3 is 15.2 Å². The summed E-state index contributed by atoms with van der Waals surface area (Å²) < 4.78 is 15.7. The minimum Gasteiger partial charge on any atom is -0.338 e. The number of halogens is 1. The summed E-state index contributed by atoms with van der Waals surface area (Å²) in [6, 6.07) is 4.50. The number of carbonyl (C=O) groups is 1.